The number of nitrogen functional groups attached to an aromatic ring is 1. The lowest BCUT2D eigenvalue weighted by molar-refractivity contribution is -0.0680. The zero-order valence-electron chi connectivity index (χ0n) is 28.1. The van der Waals surface area contributed by atoms with E-state index in [2.05, 4.69) is 35.7 Å². The Bertz CT molecular complexity index is 1240. The summed E-state index contributed by atoms with van der Waals surface area (Å²) in [4.78, 5) is 34.5. The van der Waals surface area contributed by atoms with E-state index < -0.39 is 36.8 Å². The van der Waals surface area contributed by atoms with E-state index in [1.54, 1.807) is 18.4 Å². The third kappa shape index (κ3) is 12.6. The number of anilines is 1. The van der Waals surface area contributed by atoms with Gasteiger partial charge >= 0.3 is 6.72 Å². The van der Waals surface area contributed by atoms with E-state index in [1.165, 1.54) is 83.4 Å². The normalized spacial score (nSPS) is 21.8. The second kappa shape index (κ2) is 19.4. The smallest absolute Gasteiger partial charge is 0.325 e. The molecular weight excluding hydrogens is 613 g/mol. The number of fused-ring (bicyclic) bond motifs is 1. The first-order chi connectivity index (χ1) is 21.5. The van der Waals surface area contributed by atoms with E-state index in [0.717, 1.165) is 12.8 Å². The van der Waals surface area contributed by atoms with Crippen LogP contribution in [0.4, 0.5) is 5.95 Å². The molecule has 3 rings (SSSR count). The van der Waals surface area contributed by atoms with Crippen LogP contribution in [0.2, 0.25) is 0 Å². The summed E-state index contributed by atoms with van der Waals surface area (Å²) >= 11 is 5.39. The molecule has 1 fully saturated rings. The second-order valence-corrected chi connectivity index (χ2v) is 15.8. The van der Waals surface area contributed by atoms with Crippen LogP contribution in [-0.2, 0) is 30.3 Å². The molecule has 3 heterocycles. The molecule has 2 unspecified atom stereocenters. The number of rotatable bonds is 23. The van der Waals surface area contributed by atoms with E-state index in [0.29, 0.717) is 13.0 Å². The van der Waals surface area contributed by atoms with Crippen molar-refractivity contribution in [3.63, 3.8) is 0 Å². The Hall–Kier alpha value is -1.40. The lowest BCUT2D eigenvalue weighted by atomic mass is 10.0. The average molecular weight is 672 g/mol. The molecule has 45 heavy (non-hydrogen) atoms. The summed E-state index contributed by atoms with van der Waals surface area (Å²) < 4.78 is 26.5. The third-order valence-corrected chi connectivity index (χ3v) is 9.84. The highest BCUT2D eigenvalue weighted by Gasteiger charge is 2.50. The molecule has 0 saturated carbocycles. The fourth-order valence-corrected chi connectivity index (χ4v) is 7.94. The van der Waals surface area contributed by atoms with Gasteiger partial charge in [-0.3, -0.25) is 18.9 Å². The van der Waals surface area contributed by atoms with Crippen LogP contribution in [0.1, 0.15) is 137 Å². The molecule has 0 aliphatic carbocycles. The van der Waals surface area contributed by atoms with Gasteiger partial charge in [-0.25, -0.2) is 4.98 Å². The van der Waals surface area contributed by atoms with E-state index in [-0.39, 0.29) is 29.1 Å². The SMILES string of the molecule is CCCCCCCCCCCCCCCCO[C@H]1C(OP(O)(=S)OC(C)C)[C@@H](CC(C)C)O[C@H]1n1cnc2c(=O)[nH]c(N)nc21. The topological polar surface area (TPSA) is 147 Å². The van der Waals surface area contributed by atoms with Crippen LogP contribution >= 0.6 is 6.72 Å². The molecule has 0 aromatic carbocycles. The molecule has 5 atom stereocenters. The maximum atomic E-state index is 12.5. The molecule has 0 radical (unpaired) electrons. The number of nitrogens with zero attached hydrogens (tertiary/aromatic N) is 3. The van der Waals surface area contributed by atoms with Gasteiger partial charge in [-0.05, 0) is 44.4 Å². The number of hydrogen-bond acceptors (Lipinski definition) is 9. The summed E-state index contributed by atoms with van der Waals surface area (Å²) in [6.07, 6.45) is 17.2. The number of aromatic amines is 1. The molecule has 0 spiro atoms. The van der Waals surface area contributed by atoms with Crippen LogP contribution in [0.15, 0.2) is 11.1 Å². The molecule has 0 bridgehead atoms. The molecule has 0 amide bonds. The number of imidazole rings is 1. The maximum Gasteiger partial charge on any atom is 0.325 e. The summed E-state index contributed by atoms with van der Waals surface area (Å²) in [7, 11) is 0. The first kappa shape index (κ1) is 38.1. The standard InChI is InChI=1S/C32H58N5O6PS/c1-6-7-8-9-10-11-12-13-14-15-16-17-18-19-20-40-28-27(43-44(39,45)42-24(4)5)25(21-23(2)3)41-31(28)37-22-34-26-29(37)35-32(33)36-30(26)38/h22-25,27-28,31H,6-21H2,1-5H3,(H,39,45)(H3,33,35,36,38)/t25-,27?,28+,31-,44?/m1/s1. The number of aromatic nitrogens is 4. The van der Waals surface area contributed by atoms with Crippen molar-refractivity contribution in [2.45, 2.75) is 162 Å². The summed E-state index contributed by atoms with van der Waals surface area (Å²) in [6, 6.07) is 0. The Balaban J connectivity index is 1.60. The van der Waals surface area contributed by atoms with Crippen molar-refractivity contribution in [3.8, 4) is 0 Å². The highest BCUT2D eigenvalue weighted by atomic mass is 32.5. The second-order valence-electron chi connectivity index (χ2n) is 13.1. The first-order valence-electron chi connectivity index (χ1n) is 17.2. The lowest BCUT2D eigenvalue weighted by Gasteiger charge is -2.29. The van der Waals surface area contributed by atoms with Crippen molar-refractivity contribution in [2.24, 2.45) is 5.92 Å². The van der Waals surface area contributed by atoms with Gasteiger partial charge in [0, 0.05) is 6.61 Å². The van der Waals surface area contributed by atoms with Crippen LogP contribution in [0.3, 0.4) is 0 Å². The maximum absolute atomic E-state index is 12.5. The molecule has 1 aliphatic heterocycles. The average Bonchev–Trinajstić information content (AvgIpc) is 3.50. The first-order valence-corrected chi connectivity index (χ1v) is 19.8. The number of ether oxygens (including phenoxy) is 2. The third-order valence-electron chi connectivity index (χ3n) is 8.12. The van der Waals surface area contributed by atoms with Crippen molar-refractivity contribution >= 4 is 35.6 Å². The van der Waals surface area contributed by atoms with Gasteiger partial charge in [0.05, 0.1) is 18.5 Å². The van der Waals surface area contributed by atoms with E-state index in [1.807, 2.05) is 0 Å². The van der Waals surface area contributed by atoms with Gasteiger partial charge in [0.25, 0.3) is 5.56 Å². The summed E-state index contributed by atoms with van der Waals surface area (Å²) in [5.74, 6) is 0.250. The largest absolute Gasteiger partial charge is 0.371 e. The van der Waals surface area contributed by atoms with E-state index in [9.17, 15) is 9.69 Å². The predicted octanol–water partition coefficient (Wildman–Crippen LogP) is 7.54. The van der Waals surface area contributed by atoms with Gasteiger partial charge in [0.2, 0.25) is 5.95 Å². The van der Waals surface area contributed by atoms with Gasteiger partial charge in [0.15, 0.2) is 17.4 Å². The van der Waals surface area contributed by atoms with Crippen LogP contribution in [0.5, 0.6) is 0 Å². The molecule has 2 aromatic rings. The van der Waals surface area contributed by atoms with Crippen molar-refractivity contribution in [1.82, 2.24) is 19.5 Å². The molecular formula is C32H58N5O6PS. The highest BCUT2D eigenvalue weighted by Crippen LogP contribution is 2.51. The molecule has 13 heteroatoms. The number of nitrogens with two attached hydrogens (primary N) is 1. The van der Waals surface area contributed by atoms with Crippen molar-refractivity contribution in [2.75, 3.05) is 12.3 Å². The Morgan fingerprint density at radius 2 is 1.58 bits per heavy atom. The van der Waals surface area contributed by atoms with E-state index in [4.69, 9.17) is 36.1 Å². The van der Waals surface area contributed by atoms with Gasteiger partial charge < -0.3 is 24.6 Å². The lowest BCUT2D eigenvalue weighted by Crippen LogP contribution is -2.37. The Kier molecular flexibility index (Phi) is 16.4. The molecule has 1 saturated heterocycles. The highest BCUT2D eigenvalue weighted by molar-refractivity contribution is 8.07. The number of hydrogen-bond donors (Lipinski definition) is 3. The van der Waals surface area contributed by atoms with Crippen molar-refractivity contribution < 1.29 is 23.4 Å². The Labute approximate surface area is 274 Å². The number of unbranched alkanes of at least 4 members (excludes halogenated alkanes) is 13. The van der Waals surface area contributed by atoms with Crippen LogP contribution in [-0.4, -0.2) is 55.4 Å². The molecule has 1 aliphatic rings. The van der Waals surface area contributed by atoms with Gasteiger partial charge in [0.1, 0.15) is 12.2 Å². The van der Waals surface area contributed by atoms with Crippen LogP contribution in [0, 0.1) is 5.92 Å². The summed E-state index contributed by atoms with van der Waals surface area (Å²) in [5, 5.41) is 0. The Morgan fingerprint density at radius 1 is 1.00 bits per heavy atom. The zero-order valence-corrected chi connectivity index (χ0v) is 29.8. The molecule has 258 valence electrons. The van der Waals surface area contributed by atoms with Gasteiger partial charge in [-0.15, -0.1) is 0 Å². The van der Waals surface area contributed by atoms with Gasteiger partial charge in [-0.2, -0.15) is 4.98 Å². The predicted molar refractivity (Wildman–Crippen MR) is 184 cm³/mol. The number of H-pyrrole nitrogens is 1. The fourth-order valence-electron chi connectivity index (χ4n) is 5.98. The Morgan fingerprint density at radius 3 is 2.13 bits per heavy atom. The van der Waals surface area contributed by atoms with E-state index >= 15 is 0 Å². The summed E-state index contributed by atoms with van der Waals surface area (Å²) in [6.45, 7) is 6.93. The fraction of sp³-hybridized carbons (Fsp3) is 0.844. The number of nitrogens with one attached hydrogen (secondary N) is 1. The van der Waals surface area contributed by atoms with Crippen LogP contribution < -0.4 is 11.3 Å². The van der Waals surface area contributed by atoms with Crippen molar-refractivity contribution in [1.29, 1.82) is 0 Å². The zero-order chi connectivity index (χ0) is 32.8. The minimum absolute atomic E-state index is 0.0187. The molecule has 4 N–H and O–H groups in total. The summed E-state index contributed by atoms with van der Waals surface area (Å²) in [5.41, 5.74) is 5.88. The molecule has 11 nitrogen and oxygen atoms in total. The molecule has 2 aromatic heterocycles. The monoisotopic (exact) mass is 671 g/mol. The quantitative estimate of drug-likeness (QED) is 0.0800. The van der Waals surface area contributed by atoms with Crippen molar-refractivity contribution in [3.05, 3.63) is 16.7 Å². The van der Waals surface area contributed by atoms with Crippen LogP contribution in [0.25, 0.3) is 11.2 Å². The van der Waals surface area contributed by atoms with Gasteiger partial charge in [-0.1, -0.05) is 104 Å². The minimum atomic E-state index is -3.60. The minimum Gasteiger partial charge on any atom is -0.371 e.